The molecule has 7 heteroatoms. The summed E-state index contributed by atoms with van der Waals surface area (Å²) < 4.78 is 15.7. The molecule has 1 aliphatic rings. The molecule has 7 nitrogen and oxygen atoms in total. The Hall–Kier alpha value is -2.75. The molecule has 0 aliphatic carbocycles. The maximum Gasteiger partial charge on any atom is 0.309 e. The summed E-state index contributed by atoms with van der Waals surface area (Å²) in [7, 11) is 1.48. The summed E-state index contributed by atoms with van der Waals surface area (Å²) in [6.07, 6.45) is 1.20. The zero-order valence-corrected chi connectivity index (χ0v) is 14.5. The normalized spacial score (nSPS) is 14.5. The van der Waals surface area contributed by atoms with Crippen LogP contribution in [0.2, 0.25) is 0 Å². The van der Waals surface area contributed by atoms with Gasteiger partial charge in [0.05, 0.1) is 31.3 Å². The number of nitriles is 1. The lowest BCUT2D eigenvalue weighted by atomic mass is 9.97. The van der Waals surface area contributed by atoms with E-state index in [9.17, 15) is 9.59 Å². The lowest BCUT2D eigenvalue weighted by molar-refractivity contribution is -0.151. The van der Waals surface area contributed by atoms with E-state index >= 15 is 0 Å². The topological polar surface area (TPSA) is 88.9 Å². The van der Waals surface area contributed by atoms with Crippen molar-refractivity contribution < 1.29 is 23.8 Å². The van der Waals surface area contributed by atoms with E-state index in [0.717, 1.165) is 0 Å². The monoisotopic (exact) mass is 346 g/mol. The number of ether oxygens (including phenoxy) is 3. The van der Waals surface area contributed by atoms with E-state index in [-0.39, 0.29) is 24.4 Å². The third kappa shape index (κ3) is 4.86. The molecule has 1 saturated heterocycles. The minimum absolute atomic E-state index is 0.119. The molecule has 0 bridgehead atoms. The third-order valence-corrected chi connectivity index (χ3v) is 4.11. The Balaban J connectivity index is 1.86. The van der Waals surface area contributed by atoms with Crippen molar-refractivity contribution in [2.75, 3.05) is 33.4 Å². The van der Waals surface area contributed by atoms with Crippen LogP contribution in [-0.2, 0) is 14.3 Å². The molecular formula is C18H22N2O5. The smallest absolute Gasteiger partial charge is 0.309 e. The van der Waals surface area contributed by atoms with Gasteiger partial charge in [0, 0.05) is 19.2 Å². The van der Waals surface area contributed by atoms with Crippen LogP contribution in [0.5, 0.6) is 11.5 Å². The van der Waals surface area contributed by atoms with Crippen LogP contribution in [0.15, 0.2) is 18.2 Å². The molecule has 1 amide bonds. The Kier molecular flexibility index (Phi) is 6.63. The van der Waals surface area contributed by atoms with Crippen molar-refractivity contribution in [3.05, 3.63) is 23.8 Å². The maximum absolute atomic E-state index is 12.3. The third-order valence-electron chi connectivity index (χ3n) is 4.11. The number of rotatable bonds is 6. The van der Waals surface area contributed by atoms with Crippen molar-refractivity contribution in [1.29, 1.82) is 5.26 Å². The average molecular weight is 346 g/mol. The van der Waals surface area contributed by atoms with Crippen molar-refractivity contribution in [2.24, 2.45) is 5.92 Å². The van der Waals surface area contributed by atoms with Crippen molar-refractivity contribution in [2.45, 2.75) is 19.8 Å². The SMILES string of the molecule is CCOC(=O)C1CCN(C(=O)COc2ccc(C#N)cc2OC)CC1. The van der Waals surface area contributed by atoms with Crippen molar-refractivity contribution in [3.63, 3.8) is 0 Å². The summed E-state index contributed by atoms with van der Waals surface area (Å²) in [6.45, 7) is 3.06. The molecule has 0 N–H and O–H groups in total. The van der Waals surface area contributed by atoms with Gasteiger partial charge < -0.3 is 19.1 Å². The second-order valence-corrected chi connectivity index (χ2v) is 5.67. The molecule has 1 fully saturated rings. The number of methoxy groups -OCH3 is 1. The zero-order chi connectivity index (χ0) is 18.2. The van der Waals surface area contributed by atoms with Gasteiger partial charge in [0.15, 0.2) is 18.1 Å². The summed E-state index contributed by atoms with van der Waals surface area (Å²) in [5.74, 6) is 0.356. The van der Waals surface area contributed by atoms with E-state index in [1.807, 2.05) is 6.07 Å². The number of likely N-dealkylation sites (tertiary alicyclic amines) is 1. The standard InChI is InChI=1S/C18H22N2O5/c1-3-24-18(22)14-6-8-20(9-7-14)17(21)12-25-15-5-4-13(11-19)10-16(15)23-2/h4-5,10,14H,3,6-9,12H2,1-2H3. The van der Waals surface area contributed by atoms with Crippen molar-refractivity contribution in [1.82, 2.24) is 4.90 Å². The van der Waals surface area contributed by atoms with Gasteiger partial charge in [0.1, 0.15) is 0 Å². The van der Waals surface area contributed by atoms with Gasteiger partial charge in [-0.2, -0.15) is 5.26 Å². The highest BCUT2D eigenvalue weighted by Gasteiger charge is 2.28. The Morgan fingerprint density at radius 1 is 1.28 bits per heavy atom. The van der Waals surface area contributed by atoms with Crippen LogP contribution in [0.4, 0.5) is 0 Å². The summed E-state index contributed by atoms with van der Waals surface area (Å²) in [4.78, 5) is 25.7. The highest BCUT2D eigenvalue weighted by atomic mass is 16.5. The summed E-state index contributed by atoms with van der Waals surface area (Å²) in [5.41, 5.74) is 0.455. The van der Waals surface area contributed by atoms with Crippen LogP contribution in [0.1, 0.15) is 25.3 Å². The fourth-order valence-corrected chi connectivity index (χ4v) is 2.71. The molecule has 1 heterocycles. The largest absolute Gasteiger partial charge is 0.493 e. The Morgan fingerprint density at radius 2 is 2.00 bits per heavy atom. The quantitative estimate of drug-likeness (QED) is 0.729. The molecule has 0 atom stereocenters. The molecule has 0 unspecified atom stereocenters. The first-order chi connectivity index (χ1) is 12.1. The van der Waals surface area contributed by atoms with E-state index in [2.05, 4.69) is 0 Å². The van der Waals surface area contributed by atoms with Crippen LogP contribution >= 0.6 is 0 Å². The fourth-order valence-electron chi connectivity index (χ4n) is 2.71. The number of benzene rings is 1. The number of carbonyl (C=O) groups is 2. The van der Waals surface area contributed by atoms with Gasteiger partial charge in [-0.1, -0.05) is 0 Å². The fraction of sp³-hybridized carbons (Fsp3) is 0.500. The van der Waals surface area contributed by atoms with E-state index in [1.54, 1.807) is 30.0 Å². The number of amides is 1. The highest BCUT2D eigenvalue weighted by Crippen LogP contribution is 2.28. The number of nitrogens with zero attached hydrogens (tertiary/aromatic N) is 2. The minimum atomic E-state index is -0.187. The number of carbonyl (C=O) groups excluding carboxylic acids is 2. The van der Waals surface area contributed by atoms with Crippen LogP contribution < -0.4 is 9.47 Å². The zero-order valence-electron chi connectivity index (χ0n) is 14.5. The molecule has 0 saturated carbocycles. The van der Waals surface area contributed by atoms with Gasteiger partial charge >= 0.3 is 5.97 Å². The first kappa shape index (κ1) is 18.6. The van der Waals surface area contributed by atoms with E-state index in [4.69, 9.17) is 19.5 Å². The summed E-state index contributed by atoms with van der Waals surface area (Å²) in [5, 5.41) is 8.89. The first-order valence-corrected chi connectivity index (χ1v) is 8.24. The van der Waals surface area contributed by atoms with Gasteiger partial charge in [-0.05, 0) is 31.9 Å². The van der Waals surface area contributed by atoms with E-state index < -0.39 is 0 Å². The lowest BCUT2D eigenvalue weighted by Gasteiger charge is -2.30. The molecule has 25 heavy (non-hydrogen) atoms. The molecule has 1 aliphatic heterocycles. The molecule has 134 valence electrons. The van der Waals surface area contributed by atoms with Crippen LogP contribution in [0.3, 0.4) is 0 Å². The van der Waals surface area contributed by atoms with Crippen LogP contribution in [0.25, 0.3) is 0 Å². The molecule has 1 aromatic carbocycles. The highest BCUT2D eigenvalue weighted by molar-refractivity contribution is 5.78. The molecule has 1 aromatic rings. The van der Waals surface area contributed by atoms with Crippen LogP contribution in [-0.4, -0.2) is 50.2 Å². The predicted molar refractivity (Wildman–Crippen MR) is 89.1 cm³/mol. The lowest BCUT2D eigenvalue weighted by Crippen LogP contribution is -2.42. The number of hydrogen-bond donors (Lipinski definition) is 0. The average Bonchev–Trinajstić information content (AvgIpc) is 2.66. The van der Waals surface area contributed by atoms with Gasteiger partial charge in [-0.15, -0.1) is 0 Å². The second-order valence-electron chi connectivity index (χ2n) is 5.67. The van der Waals surface area contributed by atoms with E-state index in [0.29, 0.717) is 49.6 Å². The van der Waals surface area contributed by atoms with Crippen LogP contribution in [0, 0.1) is 17.2 Å². The molecular weight excluding hydrogens is 324 g/mol. The van der Waals surface area contributed by atoms with Crippen molar-refractivity contribution >= 4 is 11.9 Å². The van der Waals surface area contributed by atoms with Gasteiger partial charge in [-0.3, -0.25) is 9.59 Å². The summed E-state index contributed by atoms with van der Waals surface area (Å²) >= 11 is 0. The molecule has 0 aromatic heterocycles. The summed E-state index contributed by atoms with van der Waals surface area (Å²) in [6, 6.07) is 6.79. The molecule has 2 rings (SSSR count). The Bertz CT molecular complexity index is 660. The number of esters is 1. The minimum Gasteiger partial charge on any atom is -0.493 e. The Labute approximate surface area is 147 Å². The van der Waals surface area contributed by atoms with Gasteiger partial charge in [0.2, 0.25) is 0 Å². The van der Waals surface area contributed by atoms with Crippen molar-refractivity contribution in [3.8, 4) is 17.6 Å². The second kappa shape index (κ2) is 8.92. The predicted octanol–water partition coefficient (Wildman–Crippen LogP) is 1.75. The van der Waals surface area contributed by atoms with E-state index in [1.165, 1.54) is 7.11 Å². The maximum atomic E-state index is 12.3. The van der Waals surface area contributed by atoms with Gasteiger partial charge in [-0.25, -0.2) is 0 Å². The number of piperidine rings is 1. The molecule has 0 spiro atoms. The first-order valence-electron chi connectivity index (χ1n) is 8.24. The molecule has 0 radical (unpaired) electrons. The number of hydrogen-bond acceptors (Lipinski definition) is 6. The van der Waals surface area contributed by atoms with Gasteiger partial charge in [0.25, 0.3) is 5.91 Å². The Morgan fingerprint density at radius 3 is 2.60 bits per heavy atom.